The van der Waals surface area contributed by atoms with Crippen LogP contribution in [0.4, 0.5) is 5.69 Å². The molecule has 4 rings (SSSR count). The SMILES string of the molecule is COc1ccc(OC)c(/C=C2/C(=O)N(C(OC(C)=O)C3COC(C)(C)O3)c3ccccc32)c1. The number of para-hydroxylation sites is 1. The number of fused-ring (bicyclic) bond motifs is 1. The first-order chi connectivity index (χ1) is 15.7. The van der Waals surface area contributed by atoms with Crippen LogP contribution < -0.4 is 14.4 Å². The molecule has 33 heavy (non-hydrogen) atoms. The molecule has 8 nitrogen and oxygen atoms in total. The van der Waals surface area contributed by atoms with Gasteiger partial charge in [-0.25, -0.2) is 0 Å². The molecule has 0 radical (unpaired) electrons. The Balaban J connectivity index is 1.80. The number of esters is 1. The van der Waals surface area contributed by atoms with Crippen LogP contribution >= 0.6 is 0 Å². The molecule has 2 atom stereocenters. The average molecular weight is 453 g/mol. The lowest BCUT2D eigenvalue weighted by Crippen LogP contribution is -2.49. The van der Waals surface area contributed by atoms with E-state index < -0.39 is 24.1 Å². The van der Waals surface area contributed by atoms with E-state index in [1.54, 1.807) is 52.3 Å². The zero-order chi connectivity index (χ0) is 23.8. The Morgan fingerprint density at radius 1 is 1.18 bits per heavy atom. The summed E-state index contributed by atoms with van der Waals surface area (Å²) in [5.74, 6) is -0.462. The summed E-state index contributed by atoms with van der Waals surface area (Å²) in [6, 6.07) is 12.7. The minimum absolute atomic E-state index is 0.180. The molecule has 2 unspecified atom stereocenters. The number of hydrogen-bond acceptors (Lipinski definition) is 7. The predicted octanol–water partition coefficient (Wildman–Crippen LogP) is 3.63. The van der Waals surface area contributed by atoms with Crippen molar-refractivity contribution in [3.8, 4) is 11.5 Å². The number of carbonyl (C=O) groups is 2. The van der Waals surface area contributed by atoms with Crippen molar-refractivity contribution in [2.75, 3.05) is 25.7 Å². The highest BCUT2D eigenvalue weighted by molar-refractivity contribution is 6.36. The number of hydrogen-bond donors (Lipinski definition) is 0. The lowest BCUT2D eigenvalue weighted by Gasteiger charge is -2.31. The third kappa shape index (κ3) is 4.44. The molecule has 0 bridgehead atoms. The van der Waals surface area contributed by atoms with Gasteiger partial charge in [0.15, 0.2) is 5.79 Å². The zero-order valence-corrected chi connectivity index (χ0v) is 19.3. The van der Waals surface area contributed by atoms with Crippen molar-refractivity contribution < 1.29 is 33.3 Å². The maximum atomic E-state index is 13.8. The molecule has 1 amide bonds. The first kappa shape index (κ1) is 22.8. The predicted molar refractivity (Wildman–Crippen MR) is 122 cm³/mol. The van der Waals surface area contributed by atoms with Gasteiger partial charge in [0.1, 0.15) is 17.6 Å². The summed E-state index contributed by atoms with van der Waals surface area (Å²) in [5.41, 5.74) is 2.45. The van der Waals surface area contributed by atoms with E-state index in [0.29, 0.717) is 33.9 Å². The van der Waals surface area contributed by atoms with Crippen LogP contribution in [0.2, 0.25) is 0 Å². The molecule has 0 spiro atoms. The highest BCUT2D eigenvalue weighted by atomic mass is 16.8. The number of carbonyl (C=O) groups excluding carboxylic acids is 2. The van der Waals surface area contributed by atoms with Crippen molar-refractivity contribution in [3.05, 3.63) is 53.6 Å². The molecule has 2 heterocycles. The van der Waals surface area contributed by atoms with Crippen LogP contribution in [0, 0.1) is 0 Å². The standard InChI is InChI=1S/C25H27NO7/c1-15(27)32-24(22-14-31-25(2,3)33-22)26-20-9-7-6-8-18(20)19(23(26)28)13-16-12-17(29-4)10-11-21(16)30-5/h6-13,22,24H,14H2,1-5H3/b19-13+. The monoisotopic (exact) mass is 453 g/mol. The molecule has 174 valence electrons. The quantitative estimate of drug-likeness (QED) is 0.488. The number of benzene rings is 2. The van der Waals surface area contributed by atoms with Gasteiger partial charge in [-0.1, -0.05) is 18.2 Å². The van der Waals surface area contributed by atoms with Crippen LogP contribution in [-0.2, 0) is 23.8 Å². The summed E-state index contributed by atoms with van der Waals surface area (Å²) in [5, 5.41) is 0. The Hall–Kier alpha value is -3.36. The molecule has 0 N–H and O–H groups in total. The fourth-order valence-electron chi connectivity index (χ4n) is 4.09. The summed E-state index contributed by atoms with van der Waals surface area (Å²) < 4.78 is 28.1. The van der Waals surface area contributed by atoms with Crippen LogP contribution in [0.3, 0.4) is 0 Å². The van der Waals surface area contributed by atoms with Crippen molar-refractivity contribution in [2.24, 2.45) is 0 Å². The first-order valence-electron chi connectivity index (χ1n) is 10.6. The number of methoxy groups -OCH3 is 2. The minimum atomic E-state index is -0.990. The third-order valence-corrected chi connectivity index (χ3v) is 5.53. The van der Waals surface area contributed by atoms with E-state index in [0.717, 1.165) is 0 Å². The highest BCUT2D eigenvalue weighted by Gasteiger charge is 2.47. The lowest BCUT2D eigenvalue weighted by molar-refractivity contribution is -0.169. The van der Waals surface area contributed by atoms with Crippen LogP contribution in [0.5, 0.6) is 11.5 Å². The van der Waals surface area contributed by atoms with Gasteiger partial charge in [0, 0.05) is 18.1 Å². The van der Waals surface area contributed by atoms with Crippen molar-refractivity contribution in [2.45, 2.75) is 38.9 Å². The normalized spacial score (nSPS) is 21.1. The number of amides is 1. The number of anilines is 1. The van der Waals surface area contributed by atoms with Crippen molar-refractivity contribution in [1.82, 2.24) is 0 Å². The molecular formula is C25H27NO7. The smallest absolute Gasteiger partial charge is 0.304 e. The van der Waals surface area contributed by atoms with Crippen molar-refractivity contribution >= 4 is 29.2 Å². The van der Waals surface area contributed by atoms with Gasteiger partial charge in [-0.05, 0) is 44.2 Å². The Kier molecular flexibility index (Phi) is 6.14. The molecular weight excluding hydrogens is 426 g/mol. The largest absolute Gasteiger partial charge is 0.497 e. The second-order valence-corrected chi connectivity index (χ2v) is 8.23. The first-order valence-corrected chi connectivity index (χ1v) is 10.6. The second kappa shape index (κ2) is 8.88. The number of ether oxygens (including phenoxy) is 5. The van der Waals surface area contributed by atoms with Crippen LogP contribution in [0.25, 0.3) is 11.6 Å². The molecule has 1 fully saturated rings. The number of nitrogens with zero attached hydrogens (tertiary/aromatic N) is 1. The summed E-state index contributed by atoms with van der Waals surface area (Å²) in [6.45, 7) is 5.04. The Morgan fingerprint density at radius 3 is 2.58 bits per heavy atom. The van der Waals surface area contributed by atoms with E-state index in [9.17, 15) is 9.59 Å². The average Bonchev–Trinajstić information content (AvgIpc) is 3.28. The molecule has 2 aromatic carbocycles. The van der Waals surface area contributed by atoms with E-state index in [-0.39, 0.29) is 12.5 Å². The summed E-state index contributed by atoms with van der Waals surface area (Å²) in [4.78, 5) is 27.2. The lowest BCUT2D eigenvalue weighted by atomic mass is 10.0. The molecule has 0 aliphatic carbocycles. The van der Waals surface area contributed by atoms with Crippen LogP contribution in [-0.4, -0.2) is 50.8 Å². The van der Waals surface area contributed by atoms with Crippen LogP contribution in [0.1, 0.15) is 31.9 Å². The van der Waals surface area contributed by atoms with E-state index in [1.165, 1.54) is 11.8 Å². The zero-order valence-electron chi connectivity index (χ0n) is 19.3. The second-order valence-electron chi connectivity index (χ2n) is 8.23. The van der Waals surface area contributed by atoms with Crippen molar-refractivity contribution in [1.29, 1.82) is 0 Å². The van der Waals surface area contributed by atoms with E-state index in [1.807, 2.05) is 24.3 Å². The maximum absolute atomic E-state index is 13.8. The fraction of sp³-hybridized carbons (Fsp3) is 0.360. The van der Waals surface area contributed by atoms with Crippen LogP contribution in [0.15, 0.2) is 42.5 Å². The van der Waals surface area contributed by atoms with Crippen molar-refractivity contribution in [3.63, 3.8) is 0 Å². The van der Waals surface area contributed by atoms with Gasteiger partial charge in [-0.3, -0.25) is 14.5 Å². The Labute approximate surface area is 192 Å². The summed E-state index contributed by atoms with van der Waals surface area (Å²) >= 11 is 0. The molecule has 8 heteroatoms. The fourth-order valence-corrected chi connectivity index (χ4v) is 4.09. The van der Waals surface area contributed by atoms with E-state index in [4.69, 9.17) is 23.7 Å². The molecule has 2 aromatic rings. The number of rotatable bonds is 6. The van der Waals surface area contributed by atoms with Gasteiger partial charge in [-0.15, -0.1) is 0 Å². The Bertz CT molecular complexity index is 1110. The molecule has 1 saturated heterocycles. The molecule has 2 aliphatic heterocycles. The van der Waals surface area contributed by atoms with Gasteiger partial charge in [0.2, 0.25) is 6.23 Å². The molecule has 0 aromatic heterocycles. The maximum Gasteiger partial charge on any atom is 0.304 e. The molecule has 2 aliphatic rings. The van der Waals surface area contributed by atoms with Gasteiger partial charge >= 0.3 is 5.97 Å². The third-order valence-electron chi connectivity index (χ3n) is 5.53. The van der Waals surface area contributed by atoms with E-state index >= 15 is 0 Å². The van der Waals surface area contributed by atoms with Gasteiger partial charge < -0.3 is 23.7 Å². The Morgan fingerprint density at radius 2 is 1.94 bits per heavy atom. The van der Waals surface area contributed by atoms with Gasteiger partial charge in [0.05, 0.1) is 32.1 Å². The summed E-state index contributed by atoms with van der Waals surface area (Å²) in [6.07, 6.45) is 0.117. The topological polar surface area (TPSA) is 83.5 Å². The highest BCUT2D eigenvalue weighted by Crippen LogP contribution is 2.42. The van der Waals surface area contributed by atoms with E-state index in [2.05, 4.69) is 0 Å². The molecule has 0 saturated carbocycles. The summed E-state index contributed by atoms with van der Waals surface area (Å²) in [7, 11) is 3.14. The minimum Gasteiger partial charge on any atom is -0.497 e. The van der Waals surface area contributed by atoms with Gasteiger partial charge in [-0.2, -0.15) is 0 Å². The van der Waals surface area contributed by atoms with Gasteiger partial charge in [0.25, 0.3) is 5.91 Å².